The molecule has 1 saturated heterocycles. The zero-order chi connectivity index (χ0) is 25.8. The first-order valence-electron chi connectivity index (χ1n) is 14.6. The summed E-state index contributed by atoms with van der Waals surface area (Å²) in [5.41, 5.74) is 0.105. The first kappa shape index (κ1) is 25.6. The lowest BCUT2D eigenvalue weighted by atomic mass is 9.43. The van der Waals surface area contributed by atoms with Gasteiger partial charge in [-0.15, -0.1) is 0 Å². The molecular formula is C30H44N2O5. The summed E-state index contributed by atoms with van der Waals surface area (Å²) in [6, 6.07) is 3.70. The van der Waals surface area contributed by atoms with E-state index in [0.717, 1.165) is 76.4 Å². The zero-order valence-electron chi connectivity index (χ0n) is 22.5. The zero-order valence-corrected chi connectivity index (χ0v) is 22.5. The summed E-state index contributed by atoms with van der Waals surface area (Å²) in [6.45, 7) is 8.36. The molecule has 8 atom stereocenters. The predicted octanol–water partition coefficient (Wildman–Crippen LogP) is 3.70. The van der Waals surface area contributed by atoms with Crippen LogP contribution in [0.3, 0.4) is 0 Å². The van der Waals surface area contributed by atoms with E-state index in [1.165, 1.54) is 6.07 Å². The molecule has 2 heterocycles. The Hall–Kier alpha value is -1.70. The Morgan fingerprint density at radius 3 is 2.62 bits per heavy atom. The van der Waals surface area contributed by atoms with Crippen molar-refractivity contribution in [2.75, 3.05) is 32.8 Å². The van der Waals surface area contributed by atoms with Crippen LogP contribution in [0.2, 0.25) is 0 Å². The van der Waals surface area contributed by atoms with Crippen molar-refractivity contribution in [1.82, 2.24) is 10.2 Å². The van der Waals surface area contributed by atoms with Crippen LogP contribution in [0.5, 0.6) is 0 Å². The molecule has 1 amide bonds. The lowest BCUT2D eigenvalue weighted by Gasteiger charge is -2.63. The highest BCUT2D eigenvalue weighted by molar-refractivity contribution is 5.78. The van der Waals surface area contributed by atoms with E-state index < -0.39 is 5.60 Å². The fraction of sp³-hybridized carbons (Fsp3) is 0.800. The predicted molar refractivity (Wildman–Crippen MR) is 140 cm³/mol. The maximum atomic E-state index is 12.8. The van der Waals surface area contributed by atoms with Crippen LogP contribution in [0.4, 0.5) is 0 Å². The molecule has 0 spiro atoms. The Morgan fingerprint density at radius 2 is 1.86 bits per heavy atom. The number of hydrogen-bond acceptors (Lipinski definition) is 6. The molecule has 4 aliphatic carbocycles. The molecule has 5 fully saturated rings. The highest BCUT2D eigenvalue weighted by atomic mass is 16.5. The summed E-state index contributed by atoms with van der Waals surface area (Å²) in [5, 5.41) is 15.8. The minimum absolute atomic E-state index is 0.153. The van der Waals surface area contributed by atoms with E-state index in [1.54, 1.807) is 6.26 Å². The smallest absolute Gasteiger partial charge is 0.335 e. The van der Waals surface area contributed by atoms with Crippen molar-refractivity contribution in [3.63, 3.8) is 0 Å². The second-order valence-corrected chi connectivity index (χ2v) is 13.3. The molecule has 1 aromatic heterocycles. The molecule has 0 bridgehead atoms. The van der Waals surface area contributed by atoms with E-state index in [0.29, 0.717) is 37.5 Å². The number of carbonyl (C=O) groups is 1. The van der Waals surface area contributed by atoms with Gasteiger partial charge < -0.3 is 19.6 Å². The van der Waals surface area contributed by atoms with Crippen LogP contribution in [-0.2, 0) is 9.53 Å². The van der Waals surface area contributed by atoms with Crippen LogP contribution in [0, 0.1) is 28.6 Å². The number of morpholine rings is 1. The molecule has 2 N–H and O–H groups in total. The summed E-state index contributed by atoms with van der Waals surface area (Å²) in [7, 11) is 0. The van der Waals surface area contributed by atoms with Crippen LogP contribution < -0.4 is 10.9 Å². The third-order valence-corrected chi connectivity index (χ3v) is 11.8. The number of ether oxygens (including phenoxy) is 1. The summed E-state index contributed by atoms with van der Waals surface area (Å²) < 4.78 is 10.6. The van der Waals surface area contributed by atoms with Gasteiger partial charge in [-0.3, -0.25) is 9.69 Å². The fourth-order valence-corrected chi connectivity index (χ4v) is 9.69. The molecule has 5 aliphatic rings. The minimum Gasteiger partial charge on any atom is -0.431 e. The van der Waals surface area contributed by atoms with Gasteiger partial charge in [-0.25, -0.2) is 4.79 Å². The lowest BCUT2D eigenvalue weighted by Crippen LogP contribution is -2.62. The maximum absolute atomic E-state index is 12.8. The molecule has 6 rings (SSSR count). The van der Waals surface area contributed by atoms with Crippen LogP contribution in [0.25, 0.3) is 0 Å². The topological polar surface area (TPSA) is 92.0 Å². The average molecular weight is 513 g/mol. The van der Waals surface area contributed by atoms with Crippen molar-refractivity contribution >= 4 is 5.91 Å². The Morgan fingerprint density at radius 1 is 1.05 bits per heavy atom. The first-order chi connectivity index (χ1) is 17.7. The van der Waals surface area contributed by atoms with Gasteiger partial charge in [0.15, 0.2) is 0 Å². The molecule has 0 unspecified atom stereocenters. The van der Waals surface area contributed by atoms with Gasteiger partial charge in [0.25, 0.3) is 0 Å². The van der Waals surface area contributed by atoms with Crippen molar-refractivity contribution in [3.05, 3.63) is 34.4 Å². The highest BCUT2D eigenvalue weighted by Gasteiger charge is 2.67. The number of nitrogens with zero attached hydrogens (tertiary/aromatic N) is 1. The Bertz CT molecular complexity index is 1050. The van der Waals surface area contributed by atoms with Gasteiger partial charge in [-0.2, -0.15) is 0 Å². The van der Waals surface area contributed by atoms with Crippen LogP contribution >= 0.6 is 0 Å². The van der Waals surface area contributed by atoms with E-state index in [2.05, 4.69) is 24.1 Å². The largest absolute Gasteiger partial charge is 0.431 e. The van der Waals surface area contributed by atoms with Gasteiger partial charge >= 0.3 is 5.63 Å². The molecular weight excluding hydrogens is 468 g/mol. The number of fused-ring (bicyclic) bond motifs is 5. The second-order valence-electron chi connectivity index (χ2n) is 13.3. The second kappa shape index (κ2) is 9.49. The van der Waals surface area contributed by atoms with Gasteiger partial charge in [-0.05, 0) is 98.5 Å². The van der Waals surface area contributed by atoms with Gasteiger partial charge in [-0.1, -0.05) is 13.8 Å². The monoisotopic (exact) mass is 512 g/mol. The van der Waals surface area contributed by atoms with Gasteiger partial charge in [0.2, 0.25) is 5.91 Å². The van der Waals surface area contributed by atoms with Crippen molar-refractivity contribution in [2.24, 2.45) is 28.6 Å². The quantitative estimate of drug-likeness (QED) is 0.639. The molecule has 1 aromatic rings. The van der Waals surface area contributed by atoms with E-state index >= 15 is 0 Å². The van der Waals surface area contributed by atoms with Crippen molar-refractivity contribution in [2.45, 2.75) is 89.2 Å². The lowest BCUT2D eigenvalue weighted by molar-refractivity contribution is -0.202. The number of aliphatic hydroxyl groups is 1. The van der Waals surface area contributed by atoms with Crippen molar-refractivity contribution in [1.29, 1.82) is 0 Å². The molecule has 204 valence electrons. The van der Waals surface area contributed by atoms with Gasteiger partial charge in [0, 0.05) is 30.6 Å². The average Bonchev–Trinajstić information content (AvgIpc) is 3.16. The summed E-state index contributed by atoms with van der Waals surface area (Å²) in [6.07, 6.45) is 11.0. The molecule has 37 heavy (non-hydrogen) atoms. The molecule has 0 aromatic carbocycles. The third kappa shape index (κ3) is 4.20. The standard InChI is InChI=1S/C30H44N2O5/c1-28-10-7-22(31-26(33)18-32-13-15-36-16-14-32)17-21(28)4-5-25-24(28)8-11-29(2)23(9-12-30(25,29)35)20-3-6-27(34)37-19-20/h3,6,19,21-25,35H,4-5,7-18H2,1-2H3,(H,31,33)/t21-,22+,23-,24+,25-,28+,29-,30+/m1/s1. The number of rotatable bonds is 4. The Labute approximate surface area is 220 Å². The minimum atomic E-state index is -0.673. The fourth-order valence-electron chi connectivity index (χ4n) is 9.69. The third-order valence-electron chi connectivity index (χ3n) is 11.8. The summed E-state index contributed by atoms with van der Waals surface area (Å²) >= 11 is 0. The van der Waals surface area contributed by atoms with E-state index in [-0.39, 0.29) is 34.3 Å². The number of nitrogens with one attached hydrogen (secondary N) is 1. The van der Waals surface area contributed by atoms with Gasteiger partial charge in [0.1, 0.15) is 0 Å². The van der Waals surface area contributed by atoms with Crippen LogP contribution in [-0.4, -0.2) is 60.4 Å². The molecule has 1 aliphatic heterocycles. The molecule has 7 heteroatoms. The van der Waals surface area contributed by atoms with Crippen molar-refractivity contribution in [3.8, 4) is 0 Å². The van der Waals surface area contributed by atoms with Crippen molar-refractivity contribution < 1.29 is 19.1 Å². The summed E-state index contributed by atoms with van der Waals surface area (Å²) in [4.78, 5) is 26.5. The Balaban J connectivity index is 1.14. The normalized spacial score (nSPS) is 43.9. The van der Waals surface area contributed by atoms with E-state index in [4.69, 9.17) is 9.15 Å². The number of hydrogen-bond donors (Lipinski definition) is 2. The molecule has 4 saturated carbocycles. The number of amides is 1. The van der Waals surface area contributed by atoms with E-state index in [1.807, 2.05) is 6.07 Å². The Kier molecular flexibility index (Phi) is 6.56. The van der Waals surface area contributed by atoms with Crippen LogP contribution in [0.1, 0.15) is 83.1 Å². The van der Waals surface area contributed by atoms with E-state index in [9.17, 15) is 14.7 Å². The summed E-state index contributed by atoms with van der Waals surface area (Å²) in [5.74, 6) is 1.83. The number of carbonyl (C=O) groups excluding carboxylic acids is 1. The first-order valence-corrected chi connectivity index (χ1v) is 14.6. The SMILES string of the molecule is C[C@]12CC[C@H](NC(=O)CN3CCOCC3)C[C@H]1CC[C@@H]1[C@@H]2CC[C@]2(C)[C@@H](c3ccc(=O)oc3)CC[C@]12O. The molecule has 7 nitrogen and oxygen atoms in total. The van der Waals surface area contributed by atoms with Gasteiger partial charge in [0.05, 0.1) is 31.6 Å². The molecule has 0 radical (unpaired) electrons. The highest BCUT2D eigenvalue weighted by Crippen LogP contribution is 2.70. The maximum Gasteiger partial charge on any atom is 0.335 e. The van der Waals surface area contributed by atoms with Crippen LogP contribution in [0.15, 0.2) is 27.6 Å².